The minimum absolute atomic E-state index is 0.221. The number of hydrogen-bond acceptors (Lipinski definition) is 2. The summed E-state index contributed by atoms with van der Waals surface area (Å²) in [4.78, 5) is 0. The molecule has 2 atom stereocenters. The van der Waals surface area contributed by atoms with Crippen molar-refractivity contribution in [2.45, 2.75) is 65.3 Å². The molecule has 0 amide bonds. The molecule has 0 bridgehead atoms. The van der Waals surface area contributed by atoms with E-state index in [1.54, 1.807) is 7.11 Å². The van der Waals surface area contributed by atoms with Gasteiger partial charge in [0.2, 0.25) is 0 Å². The average Bonchev–Trinajstić information content (AvgIpc) is 2.40. The van der Waals surface area contributed by atoms with E-state index in [4.69, 9.17) is 10.5 Å². The highest BCUT2D eigenvalue weighted by Gasteiger charge is 2.36. The van der Waals surface area contributed by atoms with E-state index in [0.29, 0.717) is 0 Å². The normalized spacial score (nSPS) is 26.1. The Balaban J connectivity index is 2.33. The molecule has 0 heterocycles. The molecule has 2 nitrogen and oxygen atoms in total. The van der Waals surface area contributed by atoms with Crippen molar-refractivity contribution < 1.29 is 4.74 Å². The van der Waals surface area contributed by atoms with Crippen molar-refractivity contribution in [3.8, 4) is 5.75 Å². The molecular formula is C19H31NO. The van der Waals surface area contributed by atoms with Crippen molar-refractivity contribution in [2.75, 3.05) is 7.11 Å². The van der Waals surface area contributed by atoms with E-state index in [-0.39, 0.29) is 5.54 Å². The first-order chi connectivity index (χ1) is 9.87. The Bertz CT molecular complexity index is 495. The predicted molar refractivity (Wildman–Crippen MR) is 89.7 cm³/mol. The van der Waals surface area contributed by atoms with Gasteiger partial charge in [-0.05, 0) is 56.1 Å². The summed E-state index contributed by atoms with van der Waals surface area (Å²) in [6.45, 7) is 8.88. The van der Waals surface area contributed by atoms with Gasteiger partial charge in [-0.25, -0.2) is 0 Å². The monoisotopic (exact) mass is 289 g/mol. The summed E-state index contributed by atoms with van der Waals surface area (Å²) in [5.41, 5.74) is 10.4. The van der Waals surface area contributed by atoms with Crippen LogP contribution in [0.2, 0.25) is 0 Å². The van der Waals surface area contributed by atoms with Crippen LogP contribution < -0.4 is 10.5 Å². The lowest BCUT2D eigenvalue weighted by atomic mass is 9.70. The van der Waals surface area contributed by atoms with Gasteiger partial charge < -0.3 is 10.5 Å². The van der Waals surface area contributed by atoms with Crippen molar-refractivity contribution in [3.05, 3.63) is 28.8 Å². The topological polar surface area (TPSA) is 35.2 Å². The fourth-order valence-electron chi connectivity index (χ4n) is 3.98. The maximum absolute atomic E-state index is 6.86. The fraction of sp³-hybridized carbons (Fsp3) is 0.684. The molecule has 0 spiro atoms. The van der Waals surface area contributed by atoms with Gasteiger partial charge in [0.05, 0.1) is 7.11 Å². The summed E-state index contributed by atoms with van der Waals surface area (Å²) in [7, 11) is 1.77. The summed E-state index contributed by atoms with van der Waals surface area (Å²) in [5, 5.41) is 0. The molecule has 1 aromatic carbocycles. The van der Waals surface area contributed by atoms with Crippen LogP contribution >= 0.6 is 0 Å². The van der Waals surface area contributed by atoms with Crippen LogP contribution in [0, 0.1) is 25.7 Å². The number of hydrogen-bond donors (Lipinski definition) is 1. The number of ether oxygens (including phenoxy) is 1. The lowest BCUT2D eigenvalue weighted by Crippen LogP contribution is -2.42. The first-order valence-electron chi connectivity index (χ1n) is 8.31. The molecule has 1 aliphatic carbocycles. The van der Waals surface area contributed by atoms with Gasteiger partial charge in [0, 0.05) is 11.1 Å². The largest absolute Gasteiger partial charge is 0.496 e. The van der Waals surface area contributed by atoms with Crippen LogP contribution in [0.15, 0.2) is 12.1 Å². The van der Waals surface area contributed by atoms with Crippen molar-refractivity contribution in [1.82, 2.24) is 0 Å². The van der Waals surface area contributed by atoms with Crippen molar-refractivity contribution in [1.29, 1.82) is 0 Å². The smallest absolute Gasteiger partial charge is 0.127 e. The molecule has 0 aromatic heterocycles. The first-order valence-corrected chi connectivity index (χ1v) is 8.31. The molecule has 1 aromatic rings. The Kier molecular flexibility index (Phi) is 4.98. The van der Waals surface area contributed by atoms with Gasteiger partial charge in [-0.15, -0.1) is 0 Å². The Labute approximate surface area is 130 Å². The van der Waals surface area contributed by atoms with Crippen LogP contribution in [0.1, 0.15) is 62.6 Å². The van der Waals surface area contributed by atoms with E-state index in [2.05, 4.69) is 39.8 Å². The molecule has 2 heteroatoms. The SMILES string of the molecule is COc1c(C2(N)CCCC(CC(C)C)C2)ccc(C)c1C. The quantitative estimate of drug-likeness (QED) is 0.871. The van der Waals surface area contributed by atoms with E-state index in [1.807, 2.05) is 0 Å². The van der Waals surface area contributed by atoms with Crippen molar-refractivity contribution in [3.63, 3.8) is 0 Å². The standard InChI is InChI=1S/C19H31NO/c1-13(2)11-16-7-6-10-19(20,12-16)17-9-8-14(3)15(4)18(17)21-5/h8-9,13,16H,6-7,10-12,20H2,1-5H3. The van der Waals surface area contributed by atoms with Gasteiger partial charge in [-0.1, -0.05) is 38.8 Å². The van der Waals surface area contributed by atoms with Gasteiger partial charge in [0.25, 0.3) is 0 Å². The molecular weight excluding hydrogens is 258 g/mol. The Morgan fingerprint density at radius 1 is 1.33 bits per heavy atom. The predicted octanol–water partition coefficient (Wildman–Crippen LogP) is 4.70. The number of benzene rings is 1. The lowest BCUT2D eigenvalue weighted by Gasteiger charge is -2.40. The highest BCUT2D eigenvalue weighted by molar-refractivity contribution is 5.48. The molecule has 1 fully saturated rings. The van der Waals surface area contributed by atoms with Crippen LogP contribution in [0.25, 0.3) is 0 Å². The lowest BCUT2D eigenvalue weighted by molar-refractivity contribution is 0.198. The van der Waals surface area contributed by atoms with Crippen LogP contribution in [-0.2, 0) is 5.54 Å². The highest BCUT2D eigenvalue weighted by Crippen LogP contribution is 2.44. The molecule has 118 valence electrons. The Hall–Kier alpha value is -1.02. The second kappa shape index (κ2) is 6.39. The number of aryl methyl sites for hydroxylation is 1. The van der Waals surface area contributed by atoms with Crippen LogP contribution in [0.4, 0.5) is 0 Å². The fourth-order valence-corrected chi connectivity index (χ4v) is 3.98. The summed E-state index contributed by atoms with van der Waals surface area (Å²) in [6, 6.07) is 4.38. The van der Waals surface area contributed by atoms with E-state index in [9.17, 15) is 0 Å². The molecule has 2 unspecified atom stereocenters. The van der Waals surface area contributed by atoms with Gasteiger partial charge in [0.15, 0.2) is 0 Å². The molecule has 2 rings (SSSR count). The minimum Gasteiger partial charge on any atom is -0.496 e. The summed E-state index contributed by atoms with van der Waals surface area (Å²) >= 11 is 0. The zero-order chi connectivity index (χ0) is 15.6. The zero-order valence-corrected chi connectivity index (χ0v) is 14.3. The maximum Gasteiger partial charge on any atom is 0.127 e. The molecule has 0 radical (unpaired) electrons. The molecule has 21 heavy (non-hydrogen) atoms. The van der Waals surface area contributed by atoms with E-state index in [0.717, 1.165) is 30.4 Å². The summed E-state index contributed by atoms with van der Waals surface area (Å²) < 4.78 is 5.71. The van der Waals surface area contributed by atoms with E-state index in [1.165, 1.54) is 36.0 Å². The molecule has 1 saturated carbocycles. The number of nitrogens with two attached hydrogens (primary N) is 1. The Morgan fingerprint density at radius 3 is 2.67 bits per heavy atom. The van der Waals surface area contributed by atoms with Crippen LogP contribution in [0.3, 0.4) is 0 Å². The Morgan fingerprint density at radius 2 is 2.05 bits per heavy atom. The van der Waals surface area contributed by atoms with Gasteiger partial charge >= 0.3 is 0 Å². The molecule has 0 saturated heterocycles. The second-order valence-electron chi connectivity index (χ2n) is 7.34. The third-order valence-corrected chi connectivity index (χ3v) is 5.11. The highest BCUT2D eigenvalue weighted by atomic mass is 16.5. The van der Waals surface area contributed by atoms with E-state index >= 15 is 0 Å². The van der Waals surface area contributed by atoms with Crippen molar-refractivity contribution in [2.24, 2.45) is 17.6 Å². The maximum atomic E-state index is 6.86. The third kappa shape index (κ3) is 3.42. The molecule has 1 aliphatic rings. The van der Waals surface area contributed by atoms with Gasteiger partial charge in [-0.2, -0.15) is 0 Å². The van der Waals surface area contributed by atoms with Crippen LogP contribution in [-0.4, -0.2) is 7.11 Å². The van der Waals surface area contributed by atoms with Gasteiger partial charge in [0.1, 0.15) is 5.75 Å². The number of methoxy groups -OCH3 is 1. The zero-order valence-electron chi connectivity index (χ0n) is 14.3. The average molecular weight is 289 g/mol. The first kappa shape index (κ1) is 16.4. The summed E-state index contributed by atoms with van der Waals surface area (Å²) in [6.07, 6.45) is 5.99. The minimum atomic E-state index is -0.221. The van der Waals surface area contributed by atoms with Gasteiger partial charge in [-0.3, -0.25) is 0 Å². The summed E-state index contributed by atoms with van der Waals surface area (Å²) in [5.74, 6) is 2.50. The van der Waals surface area contributed by atoms with Crippen molar-refractivity contribution >= 4 is 0 Å². The second-order valence-corrected chi connectivity index (χ2v) is 7.34. The third-order valence-electron chi connectivity index (χ3n) is 5.11. The van der Waals surface area contributed by atoms with E-state index < -0.39 is 0 Å². The van der Waals surface area contributed by atoms with Crippen LogP contribution in [0.5, 0.6) is 5.75 Å². The molecule has 0 aliphatic heterocycles. The molecule has 2 N–H and O–H groups in total. The number of rotatable bonds is 4.